The lowest BCUT2D eigenvalue weighted by molar-refractivity contribution is 1.17. The Hall–Kier alpha value is -7.80. The molecule has 0 bridgehead atoms. The highest BCUT2D eigenvalue weighted by Crippen LogP contribution is 2.44. The second-order valence-electron chi connectivity index (χ2n) is 13.2. The summed E-state index contributed by atoms with van der Waals surface area (Å²) in [6.07, 6.45) is 0. The van der Waals surface area contributed by atoms with E-state index in [9.17, 15) is 0 Å². The lowest BCUT2D eigenvalue weighted by Crippen LogP contribution is -1.98. The van der Waals surface area contributed by atoms with Gasteiger partial charge >= 0.3 is 0 Å². The molecule has 0 saturated heterocycles. The standard InChI is InChI=1S/C48H28N6/c1-49-41-27-33(40-30-39(31-15-5-3-6-16-31)51-48(52-40)32-17-7-4-8-18-32)28-42(50-2)47(41)54-45-24-14-11-21-37(45)38-29-34(25-26-46(38)54)53-43-22-12-9-19-35(43)36-20-10-13-23-44(36)53/h3-30H. The van der Waals surface area contributed by atoms with Crippen LogP contribution in [-0.2, 0) is 0 Å². The van der Waals surface area contributed by atoms with E-state index in [0.29, 0.717) is 34.1 Å². The predicted octanol–water partition coefficient (Wildman–Crippen LogP) is 12.8. The van der Waals surface area contributed by atoms with Crippen LogP contribution in [0.25, 0.3) is 98.6 Å². The van der Waals surface area contributed by atoms with Crippen molar-refractivity contribution in [3.05, 3.63) is 193 Å². The SMILES string of the molecule is [C-]#[N+]c1cc(-c2cc(-c3ccccc3)nc(-c3ccccc3)n2)cc([N+]#[C-])c1-n1c2ccccc2c2cc(-n3c4ccccc4c4ccccc43)ccc21. The zero-order valence-electron chi connectivity index (χ0n) is 28.8. The van der Waals surface area contributed by atoms with Gasteiger partial charge in [0, 0.05) is 38.4 Å². The molecule has 0 atom stereocenters. The van der Waals surface area contributed by atoms with Crippen LogP contribution in [-0.4, -0.2) is 19.1 Å². The van der Waals surface area contributed by atoms with Crippen LogP contribution >= 0.6 is 0 Å². The van der Waals surface area contributed by atoms with Gasteiger partial charge in [-0.3, -0.25) is 0 Å². The first-order valence-electron chi connectivity index (χ1n) is 17.7. The Labute approximate surface area is 311 Å². The normalized spacial score (nSPS) is 11.3. The van der Waals surface area contributed by atoms with Crippen LogP contribution in [0.3, 0.4) is 0 Å². The minimum atomic E-state index is 0.369. The molecule has 7 aromatic carbocycles. The molecule has 250 valence electrons. The van der Waals surface area contributed by atoms with Crippen LogP contribution in [0.15, 0.2) is 170 Å². The van der Waals surface area contributed by atoms with Gasteiger partial charge in [0.05, 0.1) is 52.3 Å². The first-order valence-corrected chi connectivity index (χ1v) is 17.7. The number of fused-ring (bicyclic) bond motifs is 6. The maximum atomic E-state index is 8.44. The quantitative estimate of drug-likeness (QED) is 0.169. The molecule has 0 unspecified atom stereocenters. The van der Waals surface area contributed by atoms with E-state index in [-0.39, 0.29) is 0 Å². The summed E-state index contributed by atoms with van der Waals surface area (Å²) in [5, 5.41) is 4.49. The molecule has 0 aliphatic rings. The Bertz CT molecular complexity index is 3030. The van der Waals surface area contributed by atoms with Crippen LogP contribution in [0.4, 0.5) is 11.4 Å². The maximum Gasteiger partial charge on any atom is 0.200 e. The van der Waals surface area contributed by atoms with Gasteiger partial charge in [-0.05, 0) is 60.2 Å². The molecule has 0 fully saturated rings. The summed E-state index contributed by atoms with van der Waals surface area (Å²) < 4.78 is 4.39. The van der Waals surface area contributed by atoms with Crippen molar-refractivity contribution in [3.63, 3.8) is 0 Å². The highest BCUT2D eigenvalue weighted by molar-refractivity contribution is 6.13. The summed E-state index contributed by atoms with van der Waals surface area (Å²) in [5.41, 5.74) is 10.4. The molecule has 10 aromatic rings. The third-order valence-corrected chi connectivity index (χ3v) is 10.2. The predicted molar refractivity (Wildman–Crippen MR) is 220 cm³/mol. The van der Waals surface area contributed by atoms with E-state index in [1.807, 2.05) is 91.0 Å². The molecule has 0 radical (unpaired) electrons. The van der Waals surface area contributed by atoms with E-state index in [1.54, 1.807) is 0 Å². The van der Waals surface area contributed by atoms with Crippen molar-refractivity contribution in [2.45, 2.75) is 0 Å². The molecule has 3 heterocycles. The molecule has 0 amide bonds. The highest BCUT2D eigenvalue weighted by Gasteiger charge is 2.22. The Morgan fingerprint density at radius 2 is 0.852 bits per heavy atom. The van der Waals surface area contributed by atoms with Gasteiger partial charge < -0.3 is 9.13 Å². The van der Waals surface area contributed by atoms with Gasteiger partial charge in [0.1, 0.15) is 0 Å². The van der Waals surface area contributed by atoms with E-state index in [1.165, 1.54) is 10.8 Å². The van der Waals surface area contributed by atoms with Crippen molar-refractivity contribution in [3.8, 4) is 45.3 Å². The summed E-state index contributed by atoms with van der Waals surface area (Å²) >= 11 is 0. The number of aromatic nitrogens is 4. The molecule has 54 heavy (non-hydrogen) atoms. The van der Waals surface area contributed by atoms with E-state index in [0.717, 1.165) is 55.3 Å². The Morgan fingerprint density at radius 1 is 0.389 bits per heavy atom. The van der Waals surface area contributed by atoms with Crippen molar-refractivity contribution < 1.29 is 0 Å². The largest absolute Gasteiger partial charge is 0.329 e. The number of hydrogen-bond acceptors (Lipinski definition) is 2. The molecule has 0 spiro atoms. The van der Waals surface area contributed by atoms with Crippen molar-refractivity contribution in [2.75, 3.05) is 0 Å². The third kappa shape index (κ3) is 4.87. The number of benzene rings is 7. The molecule has 0 aliphatic heterocycles. The fourth-order valence-corrected chi connectivity index (χ4v) is 7.76. The number of para-hydroxylation sites is 3. The molecule has 6 heteroatoms. The zero-order chi connectivity index (χ0) is 36.2. The zero-order valence-corrected chi connectivity index (χ0v) is 28.8. The number of rotatable bonds is 5. The molecule has 0 aliphatic carbocycles. The second-order valence-corrected chi connectivity index (χ2v) is 13.2. The average molecular weight is 689 g/mol. The van der Waals surface area contributed by atoms with Gasteiger partial charge in [0.15, 0.2) is 5.82 Å². The summed E-state index contributed by atoms with van der Waals surface area (Å²) in [5.74, 6) is 0.575. The van der Waals surface area contributed by atoms with Crippen molar-refractivity contribution in [2.24, 2.45) is 0 Å². The third-order valence-electron chi connectivity index (χ3n) is 10.2. The van der Waals surface area contributed by atoms with E-state index >= 15 is 0 Å². The van der Waals surface area contributed by atoms with Gasteiger partial charge in [-0.1, -0.05) is 115 Å². The molecule has 0 saturated carbocycles. The summed E-state index contributed by atoms with van der Waals surface area (Å²) in [7, 11) is 0. The lowest BCUT2D eigenvalue weighted by Gasteiger charge is -2.15. The molecule has 0 N–H and O–H groups in total. The molecule has 6 nitrogen and oxygen atoms in total. The van der Waals surface area contributed by atoms with Crippen molar-refractivity contribution in [1.29, 1.82) is 0 Å². The topological polar surface area (TPSA) is 44.4 Å². The monoisotopic (exact) mass is 688 g/mol. The van der Waals surface area contributed by atoms with Crippen LogP contribution < -0.4 is 0 Å². The smallest absolute Gasteiger partial charge is 0.200 e. The molecular formula is C48H28N6. The van der Waals surface area contributed by atoms with Crippen molar-refractivity contribution >= 4 is 55.0 Å². The molecular weight excluding hydrogens is 661 g/mol. The van der Waals surface area contributed by atoms with Crippen LogP contribution in [0.5, 0.6) is 0 Å². The number of hydrogen-bond donors (Lipinski definition) is 0. The van der Waals surface area contributed by atoms with Gasteiger partial charge in [0.25, 0.3) is 0 Å². The molecule has 10 rings (SSSR count). The van der Waals surface area contributed by atoms with E-state index in [4.69, 9.17) is 23.1 Å². The first-order chi connectivity index (χ1) is 26.7. The first kappa shape index (κ1) is 31.0. The van der Waals surface area contributed by atoms with E-state index in [2.05, 4.69) is 97.7 Å². The minimum Gasteiger partial charge on any atom is -0.329 e. The Balaban J connectivity index is 1.19. The number of nitrogens with zero attached hydrogens (tertiary/aromatic N) is 6. The van der Waals surface area contributed by atoms with Gasteiger partial charge in [-0.15, -0.1) is 0 Å². The van der Waals surface area contributed by atoms with Crippen LogP contribution in [0.2, 0.25) is 0 Å². The maximum absolute atomic E-state index is 8.44. The molecule has 3 aromatic heterocycles. The summed E-state index contributed by atoms with van der Waals surface area (Å²) in [4.78, 5) is 18.0. The van der Waals surface area contributed by atoms with Crippen LogP contribution in [0, 0.1) is 13.1 Å². The lowest BCUT2D eigenvalue weighted by atomic mass is 10.0. The second kappa shape index (κ2) is 12.5. The Kier molecular flexibility index (Phi) is 7.15. The van der Waals surface area contributed by atoms with Crippen molar-refractivity contribution in [1.82, 2.24) is 19.1 Å². The Morgan fingerprint density at radius 3 is 1.43 bits per heavy atom. The van der Waals surface area contributed by atoms with E-state index < -0.39 is 0 Å². The fourth-order valence-electron chi connectivity index (χ4n) is 7.76. The van der Waals surface area contributed by atoms with Gasteiger partial charge in [-0.2, -0.15) is 0 Å². The van der Waals surface area contributed by atoms with Crippen LogP contribution in [0.1, 0.15) is 0 Å². The minimum absolute atomic E-state index is 0.369. The van der Waals surface area contributed by atoms with Gasteiger partial charge in [-0.25, -0.2) is 19.7 Å². The highest BCUT2D eigenvalue weighted by atomic mass is 15.0. The fraction of sp³-hybridized carbons (Fsp3) is 0. The average Bonchev–Trinajstić information content (AvgIpc) is 3.76. The summed E-state index contributed by atoms with van der Waals surface area (Å²) in [6.45, 7) is 16.9. The summed E-state index contributed by atoms with van der Waals surface area (Å²) in [6, 6.07) is 57.2. The van der Waals surface area contributed by atoms with Gasteiger partial charge in [0.2, 0.25) is 11.4 Å².